The summed E-state index contributed by atoms with van der Waals surface area (Å²) in [6.07, 6.45) is 6.31. The molecule has 1 N–H and O–H groups in total. The van der Waals surface area contributed by atoms with Gasteiger partial charge in [0.1, 0.15) is 0 Å². The smallest absolute Gasteiger partial charge is 0.00514 e. The molecule has 1 nitrogen and oxygen atoms in total. The minimum atomic E-state index is 0.815. The van der Waals surface area contributed by atoms with Crippen molar-refractivity contribution in [1.82, 2.24) is 5.32 Å². The molecule has 17 heavy (non-hydrogen) atoms. The van der Waals surface area contributed by atoms with Crippen molar-refractivity contribution in [3.63, 3.8) is 0 Å². The lowest BCUT2D eigenvalue weighted by molar-refractivity contribution is 0.441. The van der Waals surface area contributed by atoms with Gasteiger partial charge in [-0.3, -0.25) is 0 Å². The summed E-state index contributed by atoms with van der Waals surface area (Å²) >= 11 is 2.00. The third-order valence-corrected chi connectivity index (χ3v) is 4.36. The van der Waals surface area contributed by atoms with Crippen molar-refractivity contribution in [3.8, 4) is 0 Å². The summed E-state index contributed by atoms with van der Waals surface area (Å²) in [6.45, 7) is 9.10. The summed E-state index contributed by atoms with van der Waals surface area (Å²) in [5.41, 5.74) is 0. The third kappa shape index (κ3) is 5.69. The Balaban J connectivity index is 2.41. The SMILES string of the molecule is CCCNCC(CCC)Cc1ccc(CC)s1. The van der Waals surface area contributed by atoms with Gasteiger partial charge >= 0.3 is 0 Å². The van der Waals surface area contributed by atoms with E-state index >= 15 is 0 Å². The molecular formula is C15H27NS. The van der Waals surface area contributed by atoms with E-state index in [1.165, 1.54) is 43.5 Å². The average Bonchev–Trinajstić information content (AvgIpc) is 2.77. The van der Waals surface area contributed by atoms with Gasteiger partial charge in [-0.1, -0.05) is 27.2 Å². The van der Waals surface area contributed by atoms with Gasteiger partial charge in [-0.05, 0) is 56.8 Å². The molecule has 0 aliphatic rings. The summed E-state index contributed by atoms with van der Waals surface area (Å²) in [4.78, 5) is 3.09. The van der Waals surface area contributed by atoms with E-state index in [1.807, 2.05) is 11.3 Å². The number of hydrogen-bond donors (Lipinski definition) is 1. The summed E-state index contributed by atoms with van der Waals surface area (Å²) in [7, 11) is 0. The van der Waals surface area contributed by atoms with Crippen LogP contribution in [-0.2, 0) is 12.8 Å². The number of aryl methyl sites for hydroxylation is 1. The Morgan fingerprint density at radius 1 is 1.12 bits per heavy atom. The topological polar surface area (TPSA) is 12.0 Å². The van der Waals surface area contributed by atoms with Crippen LogP contribution in [0.4, 0.5) is 0 Å². The summed E-state index contributed by atoms with van der Waals surface area (Å²) < 4.78 is 0. The molecule has 0 aliphatic carbocycles. The standard InChI is InChI=1S/C15H27NS/c1-4-7-13(12-16-10-5-2)11-15-9-8-14(6-3)17-15/h8-9,13,16H,4-7,10-12H2,1-3H3. The van der Waals surface area contributed by atoms with Crippen LogP contribution in [0.5, 0.6) is 0 Å². The number of hydrogen-bond acceptors (Lipinski definition) is 2. The van der Waals surface area contributed by atoms with Crippen LogP contribution in [0.15, 0.2) is 12.1 Å². The molecule has 0 spiro atoms. The van der Waals surface area contributed by atoms with Gasteiger partial charge in [0.05, 0.1) is 0 Å². The molecule has 0 amide bonds. The highest BCUT2D eigenvalue weighted by atomic mass is 32.1. The van der Waals surface area contributed by atoms with Crippen LogP contribution in [0.1, 0.15) is 49.8 Å². The van der Waals surface area contributed by atoms with E-state index in [1.54, 1.807) is 4.88 Å². The van der Waals surface area contributed by atoms with Crippen LogP contribution in [0, 0.1) is 5.92 Å². The first kappa shape index (κ1) is 14.7. The van der Waals surface area contributed by atoms with Crippen molar-refractivity contribution in [1.29, 1.82) is 0 Å². The maximum Gasteiger partial charge on any atom is 0.00514 e. The molecule has 0 saturated heterocycles. The molecule has 0 aliphatic heterocycles. The zero-order valence-electron chi connectivity index (χ0n) is 11.6. The Labute approximate surface area is 111 Å². The predicted octanol–water partition coefficient (Wildman–Crippen LogP) is 4.27. The highest BCUT2D eigenvalue weighted by molar-refractivity contribution is 7.11. The summed E-state index contributed by atoms with van der Waals surface area (Å²) in [5.74, 6) is 0.815. The molecule has 1 atom stereocenters. The molecule has 0 saturated carbocycles. The van der Waals surface area contributed by atoms with Crippen LogP contribution in [-0.4, -0.2) is 13.1 Å². The molecule has 1 rings (SSSR count). The Morgan fingerprint density at radius 2 is 1.88 bits per heavy atom. The fraction of sp³-hybridized carbons (Fsp3) is 0.733. The highest BCUT2D eigenvalue weighted by Crippen LogP contribution is 2.22. The van der Waals surface area contributed by atoms with Gasteiger partial charge < -0.3 is 5.32 Å². The zero-order chi connectivity index (χ0) is 12.5. The minimum absolute atomic E-state index is 0.815. The van der Waals surface area contributed by atoms with Crippen LogP contribution >= 0.6 is 11.3 Å². The molecule has 1 unspecified atom stereocenters. The second kappa shape index (κ2) is 8.71. The summed E-state index contributed by atoms with van der Waals surface area (Å²) in [5, 5.41) is 3.57. The molecule has 0 radical (unpaired) electrons. The molecule has 1 aromatic rings. The lowest BCUT2D eigenvalue weighted by atomic mass is 9.99. The van der Waals surface area contributed by atoms with Crippen molar-refractivity contribution in [3.05, 3.63) is 21.9 Å². The number of nitrogens with one attached hydrogen (secondary N) is 1. The monoisotopic (exact) mass is 253 g/mol. The van der Waals surface area contributed by atoms with Gasteiger partial charge in [0, 0.05) is 9.75 Å². The molecule has 0 fully saturated rings. The van der Waals surface area contributed by atoms with Gasteiger partial charge in [0.2, 0.25) is 0 Å². The normalized spacial score (nSPS) is 12.9. The molecule has 98 valence electrons. The van der Waals surface area contributed by atoms with E-state index in [4.69, 9.17) is 0 Å². The molecule has 0 bridgehead atoms. The first-order valence-corrected chi connectivity index (χ1v) is 7.90. The lowest BCUT2D eigenvalue weighted by Crippen LogP contribution is -2.24. The van der Waals surface area contributed by atoms with Gasteiger partial charge in [0.15, 0.2) is 0 Å². The van der Waals surface area contributed by atoms with Crippen LogP contribution in [0.25, 0.3) is 0 Å². The second-order valence-corrected chi connectivity index (χ2v) is 6.04. The first-order chi connectivity index (χ1) is 8.30. The van der Waals surface area contributed by atoms with Crippen molar-refractivity contribution >= 4 is 11.3 Å². The van der Waals surface area contributed by atoms with Gasteiger partial charge in [-0.2, -0.15) is 0 Å². The maximum absolute atomic E-state index is 3.57. The average molecular weight is 253 g/mol. The molecular weight excluding hydrogens is 226 g/mol. The Morgan fingerprint density at radius 3 is 2.47 bits per heavy atom. The maximum atomic E-state index is 3.57. The van der Waals surface area contributed by atoms with Crippen LogP contribution in [0.2, 0.25) is 0 Å². The van der Waals surface area contributed by atoms with Gasteiger partial charge in [-0.25, -0.2) is 0 Å². The fourth-order valence-electron chi connectivity index (χ4n) is 2.17. The van der Waals surface area contributed by atoms with Crippen molar-refractivity contribution in [2.75, 3.05) is 13.1 Å². The van der Waals surface area contributed by atoms with Crippen molar-refractivity contribution in [2.45, 2.75) is 52.9 Å². The Hall–Kier alpha value is -0.340. The quantitative estimate of drug-likeness (QED) is 0.648. The molecule has 2 heteroatoms. The molecule has 0 aromatic carbocycles. The zero-order valence-corrected chi connectivity index (χ0v) is 12.4. The first-order valence-electron chi connectivity index (χ1n) is 7.08. The van der Waals surface area contributed by atoms with Crippen LogP contribution < -0.4 is 5.32 Å². The van der Waals surface area contributed by atoms with E-state index in [9.17, 15) is 0 Å². The van der Waals surface area contributed by atoms with Crippen molar-refractivity contribution in [2.24, 2.45) is 5.92 Å². The Kier molecular flexibility index (Phi) is 7.54. The molecule has 1 heterocycles. The van der Waals surface area contributed by atoms with E-state index in [-0.39, 0.29) is 0 Å². The van der Waals surface area contributed by atoms with Crippen LogP contribution in [0.3, 0.4) is 0 Å². The van der Waals surface area contributed by atoms with Gasteiger partial charge in [-0.15, -0.1) is 11.3 Å². The van der Waals surface area contributed by atoms with Gasteiger partial charge in [0.25, 0.3) is 0 Å². The fourth-order valence-corrected chi connectivity index (χ4v) is 3.25. The second-order valence-electron chi connectivity index (χ2n) is 4.78. The van der Waals surface area contributed by atoms with E-state index in [2.05, 4.69) is 38.2 Å². The summed E-state index contributed by atoms with van der Waals surface area (Å²) in [6, 6.07) is 4.62. The number of rotatable bonds is 9. The molecule has 1 aromatic heterocycles. The van der Waals surface area contributed by atoms with E-state index < -0.39 is 0 Å². The van der Waals surface area contributed by atoms with E-state index in [0.29, 0.717) is 0 Å². The predicted molar refractivity (Wildman–Crippen MR) is 79.0 cm³/mol. The largest absolute Gasteiger partial charge is 0.316 e. The minimum Gasteiger partial charge on any atom is -0.316 e. The van der Waals surface area contributed by atoms with Crippen molar-refractivity contribution < 1.29 is 0 Å². The van der Waals surface area contributed by atoms with E-state index in [0.717, 1.165) is 12.5 Å². The lowest BCUT2D eigenvalue weighted by Gasteiger charge is -2.15. The third-order valence-electron chi connectivity index (χ3n) is 3.11. The Bertz CT molecular complexity index is 293. The number of thiophene rings is 1. The highest BCUT2D eigenvalue weighted by Gasteiger charge is 2.10.